The highest BCUT2D eigenvalue weighted by molar-refractivity contribution is 7.99. The third-order valence-electron chi connectivity index (χ3n) is 3.53. The minimum absolute atomic E-state index is 0.00273. The number of thioether (sulfide) groups is 1. The fourth-order valence-corrected chi connectivity index (χ4v) is 3.97. The van der Waals surface area contributed by atoms with E-state index in [0.29, 0.717) is 10.0 Å². The van der Waals surface area contributed by atoms with Crippen LogP contribution in [-0.4, -0.2) is 18.9 Å². The number of rotatable bonds is 3. The molecule has 0 radical (unpaired) electrons. The first-order valence-corrected chi connectivity index (χ1v) is 8.44. The highest BCUT2D eigenvalue weighted by atomic mass is 35.5. The molecule has 1 aliphatic heterocycles. The van der Waals surface area contributed by atoms with Gasteiger partial charge in [0.15, 0.2) is 0 Å². The molecule has 0 saturated heterocycles. The van der Waals surface area contributed by atoms with Crippen LogP contribution in [0, 0.1) is 0 Å². The van der Waals surface area contributed by atoms with Gasteiger partial charge in [0.1, 0.15) is 11.9 Å². The molecule has 3 rings (SSSR count). The van der Waals surface area contributed by atoms with Crippen molar-refractivity contribution in [3.05, 3.63) is 58.1 Å². The van der Waals surface area contributed by atoms with E-state index in [-0.39, 0.29) is 12.1 Å². The van der Waals surface area contributed by atoms with E-state index in [4.69, 9.17) is 27.9 Å². The second-order valence-corrected chi connectivity index (χ2v) is 6.67. The summed E-state index contributed by atoms with van der Waals surface area (Å²) in [6.45, 7) is 0. The lowest BCUT2D eigenvalue weighted by Gasteiger charge is -2.32. The predicted octanol–water partition coefficient (Wildman–Crippen LogP) is 4.81. The first-order valence-electron chi connectivity index (χ1n) is 6.70. The summed E-state index contributed by atoms with van der Waals surface area (Å²) in [5, 5.41) is 4.46. The topological polar surface area (TPSA) is 21.3 Å². The SMILES string of the molecule is CNC(c1cccc(Cl)c1Cl)C1CSc2ccccc2O1. The van der Waals surface area contributed by atoms with Crippen LogP contribution in [-0.2, 0) is 0 Å². The van der Waals surface area contributed by atoms with Crippen LogP contribution in [0.15, 0.2) is 47.4 Å². The summed E-state index contributed by atoms with van der Waals surface area (Å²) < 4.78 is 6.15. The van der Waals surface area contributed by atoms with E-state index < -0.39 is 0 Å². The molecular formula is C16H15Cl2NOS. The standard InChI is InChI=1S/C16H15Cl2NOS/c1-19-16(10-5-4-6-11(17)15(10)18)13-9-21-14-8-3-2-7-12(14)20-13/h2-8,13,16,19H,9H2,1H3. The smallest absolute Gasteiger partial charge is 0.133 e. The fourth-order valence-electron chi connectivity index (χ4n) is 2.50. The van der Waals surface area contributed by atoms with Gasteiger partial charge in [-0.1, -0.05) is 47.5 Å². The zero-order valence-corrected chi connectivity index (χ0v) is 13.8. The molecule has 21 heavy (non-hydrogen) atoms. The van der Waals surface area contributed by atoms with Gasteiger partial charge in [-0.05, 0) is 30.8 Å². The number of para-hydroxylation sites is 1. The van der Waals surface area contributed by atoms with Crippen molar-refractivity contribution in [3.63, 3.8) is 0 Å². The van der Waals surface area contributed by atoms with Gasteiger partial charge in [0, 0.05) is 10.6 Å². The van der Waals surface area contributed by atoms with Crippen molar-refractivity contribution in [2.45, 2.75) is 17.0 Å². The van der Waals surface area contributed by atoms with E-state index in [0.717, 1.165) is 17.1 Å². The van der Waals surface area contributed by atoms with Crippen molar-refractivity contribution in [1.82, 2.24) is 5.32 Å². The van der Waals surface area contributed by atoms with Gasteiger partial charge in [-0.2, -0.15) is 0 Å². The number of hydrogen-bond acceptors (Lipinski definition) is 3. The molecule has 0 amide bonds. The molecule has 0 aliphatic carbocycles. The summed E-state index contributed by atoms with van der Waals surface area (Å²) in [6.07, 6.45) is 0.00543. The highest BCUT2D eigenvalue weighted by Gasteiger charge is 2.30. The van der Waals surface area contributed by atoms with Crippen LogP contribution < -0.4 is 10.1 Å². The molecule has 2 atom stereocenters. The number of likely N-dealkylation sites (N-methyl/N-ethyl adjacent to an activating group) is 1. The van der Waals surface area contributed by atoms with Crippen LogP contribution in [0.5, 0.6) is 5.75 Å². The second-order valence-electron chi connectivity index (χ2n) is 4.82. The summed E-state index contributed by atoms with van der Waals surface area (Å²) in [4.78, 5) is 1.18. The van der Waals surface area contributed by atoms with Crippen molar-refractivity contribution in [2.24, 2.45) is 0 Å². The Kier molecular flexibility index (Phi) is 4.65. The van der Waals surface area contributed by atoms with Gasteiger partial charge >= 0.3 is 0 Å². The zero-order chi connectivity index (χ0) is 14.8. The molecule has 0 aromatic heterocycles. The molecule has 110 valence electrons. The maximum atomic E-state index is 6.35. The lowest BCUT2D eigenvalue weighted by molar-refractivity contribution is 0.171. The monoisotopic (exact) mass is 339 g/mol. The number of hydrogen-bond donors (Lipinski definition) is 1. The first-order chi connectivity index (χ1) is 10.2. The van der Waals surface area contributed by atoms with Crippen molar-refractivity contribution in [3.8, 4) is 5.75 Å². The molecular weight excluding hydrogens is 325 g/mol. The Balaban J connectivity index is 1.90. The Morgan fingerprint density at radius 2 is 2.00 bits per heavy atom. The summed E-state index contributed by atoms with van der Waals surface area (Å²) in [5.41, 5.74) is 0.969. The summed E-state index contributed by atoms with van der Waals surface area (Å²) in [7, 11) is 1.91. The Morgan fingerprint density at radius 1 is 1.19 bits per heavy atom. The van der Waals surface area contributed by atoms with Crippen molar-refractivity contribution >= 4 is 35.0 Å². The number of halogens is 2. The molecule has 2 nitrogen and oxygen atoms in total. The van der Waals surface area contributed by atoms with Crippen LogP contribution in [0.4, 0.5) is 0 Å². The van der Waals surface area contributed by atoms with Crippen LogP contribution in [0.1, 0.15) is 11.6 Å². The minimum atomic E-state index is -0.00273. The highest BCUT2D eigenvalue weighted by Crippen LogP contribution is 2.40. The van der Waals surface area contributed by atoms with Gasteiger partial charge in [-0.15, -0.1) is 11.8 Å². The lowest BCUT2D eigenvalue weighted by Crippen LogP contribution is -2.37. The largest absolute Gasteiger partial charge is 0.486 e. The normalized spacial score (nSPS) is 18.7. The van der Waals surface area contributed by atoms with Crippen LogP contribution >= 0.6 is 35.0 Å². The average Bonchev–Trinajstić information content (AvgIpc) is 2.52. The van der Waals surface area contributed by atoms with Gasteiger partial charge < -0.3 is 10.1 Å². The van der Waals surface area contributed by atoms with Gasteiger partial charge in [0.2, 0.25) is 0 Å². The summed E-state index contributed by atoms with van der Waals surface area (Å²) in [6, 6.07) is 13.8. The van der Waals surface area contributed by atoms with E-state index in [9.17, 15) is 0 Å². The Morgan fingerprint density at radius 3 is 2.81 bits per heavy atom. The van der Waals surface area contributed by atoms with Gasteiger partial charge in [-0.3, -0.25) is 0 Å². The second kappa shape index (κ2) is 6.49. The fraction of sp³-hybridized carbons (Fsp3) is 0.250. The molecule has 0 fully saturated rings. The molecule has 0 spiro atoms. The van der Waals surface area contributed by atoms with Crippen molar-refractivity contribution in [1.29, 1.82) is 0 Å². The van der Waals surface area contributed by atoms with E-state index in [1.165, 1.54) is 4.90 Å². The molecule has 1 heterocycles. The van der Waals surface area contributed by atoms with Gasteiger partial charge in [-0.25, -0.2) is 0 Å². The van der Waals surface area contributed by atoms with Gasteiger partial charge in [0.25, 0.3) is 0 Å². The lowest BCUT2D eigenvalue weighted by atomic mass is 10.0. The van der Waals surface area contributed by atoms with E-state index >= 15 is 0 Å². The maximum Gasteiger partial charge on any atom is 0.133 e. The van der Waals surface area contributed by atoms with Crippen LogP contribution in [0.3, 0.4) is 0 Å². The number of fused-ring (bicyclic) bond motifs is 1. The molecule has 2 aromatic rings. The van der Waals surface area contributed by atoms with E-state index in [1.54, 1.807) is 17.8 Å². The van der Waals surface area contributed by atoms with Gasteiger partial charge in [0.05, 0.1) is 16.1 Å². The predicted molar refractivity (Wildman–Crippen MR) is 89.8 cm³/mol. The Bertz CT molecular complexity index is 650. The molecule has 0 bridgehead atoms. The third-order valence-corrected chi connectivity index (χ3v) is 5.51. The van der Waals surface area contributed by atoms with Crippen LogP contribution in [0.25, 0.3) is 0 Å². The summed E-state index contributed by atoms with van der Waals surface area (Å²) >= 11 is 14.3. The number of ether oxygens (including phenoxy) is 1. The Hall–Kier alpha value is -0.870. The number of benzene rings is 2. The zero-order valence-electron chi connectivity index (χ0n) is 11.5. The molecule has 1 N–H and O–H groups in total. The van der Waals surface area contributed by atoms with E-state index in [2.05, 4.69) is 11.4 Å². The average molecular weight is 340 g/mol. The quantitative estimate of drug-likeness (QED) is 0.867. The number of nitrogens with one attached hydrogen (secondary N) is 1. The van der Waals surface area contributed by atoms with Crippen LogP contribution in [0.2, 0.25) is 10.0 Å². The molecule has 2 aromatic carbocycles. The molecule has 1 aliphatic rings. The first kappa shape index (κ1) is 15.0. The molecule has 0 saturated carbocycles. The van der Waals surface area contributed by atoms with Crippen molar-refractivity contribution < 1.29 is 4.74 Å². The minimum Gasteiger partial charge on any atom is -0.486 e. The molecule has 2 unspecified atom stereocenters. The summed E-state index contributed by atoms with van der Waals surface area (Å²) in [5.74, 6) is 1.79. The Labute approximate surface area is 138 Å². The third kappa shape index (κ3) is 3.02. The molecule has 5 heteroatoms. The maximum absolute atomic E-state index is 6.35. The van der Waals surface area contributed by atoms with Crippen molar-refractivity contribution in [2.75, 3.05) is 12.8 Å². The van der Waals surface area contributed by atoms with E-state index in [1.807, 2.05) is 37.4 Å².